The number of para-hydroxylation sites is 1. The minimum Gasteiger partial charge on any atom is -0.493 e. The number of pyridine rings is 2. The number of carbonyl (C=O) groups is 2. The third-order valence-corrected chi connectivity index (χ3v) is 9.45. The van der Waals surface area contributed by atoms with Crippen molar-refractivity contribution in [2.45, 2.75) is 18.9 Å². The van der Waals surface area contributed by atoms with Gasteiger partial charge >= 0.3 is 0 Å². The van der Waals surface area contributed by atoms with Gasteiger partial charge in [0.05, 0.1) is 30.4 Å². The fourth-order valence-corrected chi connectivity index (χ4v) is 6.48. The molecule has 6 rings (SSSR count). The first kappa shape index (κ1) is 35.7. The highest BCUT2D eigenvalue weighted by molar-refractivity contribution is 7.17. The van der Waals surface area contributed by atoms with Crippen molar-refractivity contribution in [1.82, 2.24) is 24.8 Å². The third-order valence-electron chi connectivity index (χ3n) is 8.54. The van der Waals surface area contributed by atoms with Crippen molar-refractivity contribution in [1.29, 1.82) is 0 Å². The number of ether oxygens (including phenoxy) is 1. The van der Waals surface area contributed by atoms with Crippen molar-refractivity contribution in [3.8, 4) is 17.0 Å². The molecule has 12 nitrogen and oxygen atoms in total. The normalized spacial score (nSPS) is 14.6. The van der Waals surface area contributed by atoms with E-state index in [1.165, 1.54) is 25.4 Å². The number of anilines is 5. The maximum atomic E-state index is 14.1. The number of carbonyl (C=O) groups excluding carboxylic acids is 2. The zero-order valence-corrected chi connectivity index (χ0v) is 29.6. The van der Waals surface area contributed by atoms with E-state index < -0.39 is 18.4 Å². The minimum atomic E-state index is -0.534. The molecule has 0 atom stereocenters. The molecule has 0 bridgehead atoms. The molecule has 268 valence electrons. The van der Waals surface area contributed by atoms with Crippen LogP contribution in [0.3, 0.4) is 0 Å². The second-order valence-corrected chi connectivity index (χ2v) is 13.5. The number of thiazole rings is 1. The fraction of sp³-hybridized carbons (Fsp3) is 0.361. The number of benzene rings is 1. The van der Waals surface area contributed by atoms with E-state index in [1.54, 1.807) is 30.5 Å². The summed E-state index contributed by atoms with van der Waals surface area (Å²) in [6, 6.07) is 11.8. The second-order valence-electron chi connectivity index (χ2n) is 12.5. The molecule has 4 heterocycles. The first-order chi connectivity index (χ1) is 24.7. The van der Waals surface area contributed by atoms with Crippen molar-refractivity contribution < 1.29 is 23.1 Å². The van der Waals surface area contributed by atoms with E-state index in [1.807, 2.05) is 42.1 Å². The highest BCUT2D eigenvalue weighted by atomic mass is 32.1. The maximum Gasteiger partial charge on any atom is 0.267 e. The third kappa shape index (κ3) is 8.78. The second kappa shape index (κ2) is 16.2. The quantitative estimate of drug-likeness (QED) is 0.163. The number of amides is 2. The van der Waals surface area contributed by atoms with Gasteiger partial charge in [0.25, 0.3) is 5.91 Å². The van der Waals surface area contributed by atoms with Crippen molar-refractivity contribution in [2.75, 3.05) is 87.6 Å². The Morgan fingerprint density at radius 3 is 2.57 bits per heavy atom. The summed E-state index contributed by atoms with van der Waals surface area (Å²) in [5.41, 5.74) is 2.24. The van der Waals surface area contributed by atoms with Gasteiger partial charge in [-0.15, -0.1) is 0 Å². The smallest absolute Gasteiger partial charge is 0.267 e. The predicted molar refractivity (Wildman–Crippen MR) is 197 cm³/mol. The SMILES string of the molecule is COc1ccc(-c2cnc(N3CCN(C(=O)/C=C/CN(C)C)CC3)c(N(CCF)C3CC3)c2)nc1Nc1ncc(C(=O)Nc2ccccc2F)s1. The zero-order valence-electron chi connectivity index (χ0n) is 28.8. The topological polar surface area (TPSA) is 119 Å². The van der Waals surface area contributed by atoms with Crippen LogP contribution in [0.5, 0.6) is 5.75 Å². The van der Waals surface area contributed by atoms with Crippen LogP contribution in [-0.2, 0) is 4.79 Å². The highest BCUT2D eigenvalue weighted by Gasteiger charge is 2.33. The molecule has 51 heavy (non-hydrogen) atoms. The standard InChI is InChI=1S/C36H41F2N9O3S/c1-44(2)15-6-9-32(48)45-17-19-46(20-18-45)34-29(47(16-14-37)25-10-11-25)21-24(22-39-34)27-12-13-30(50-3)33(41-27)43-36-40-23-31(51-36)35(49)42-28-8-5-4-7-26(28)38/h4-9,12-13,21-23,25H,10-11,14-20H2,1-3H3,(H,42,49)(H,40,41,43)/b9-6+. The number of likely N-dealkylation sites (N-methyl/N-ethyl adjacent to an activating group) is 1. The van der Waals surface area contributed by atoms with E-state index in [0.29, 0.717) is 55.1 Å². The molecule has 0 unspecified atom stereocenters. The van der Waals surface area contributed by atoms with E-state index in [2.05, 4.69) is 25.4 Å². The lowest BCUT2D eigenvalue weighted by Gasteiger charge is -2.37. The molecule has 2 fully saturated rings. The molecule has 2 N–H and O–H groups in total. The lowest BCUT2D eigenvalue weighted by molar-refractivity contribution is -0.126. The van der Waals surface area contributed by atoms with E-state index in [9.17, 15) is 18.4 Å². The van der Waals surface area contributed by atoms with Gasteiger partial charge in [0.15, 0.2) is 22.5 Å². The van der Waals surface area contributed by atoms with Crippen LogP contribution >= 0.6 is 11.3 Å². The number of nitrogens with one attached hydrogen (secondary N) is 2. The molecule has 1 aliphatic heterocycles. The van der Waals surface area contributed by atoms with Gasteiger partial charge < -0.3 is 35.0 Å². The lowest BCUT2D eigenvalue weighted by atomic mass is 10.1. The maximum absolute atomic E-state index is 14.1. The first-order valence-electron chi connectivity index (χ1n) is 16.8. The van der Waals surface area contributed by atoms with Crippen LogP contribution in [0.4, 0.5) is 36.9 Å². The van der Waals surface area contributed by atoms with Gasteiger partial charge in [0.2, 0.25) is 5.91 Å². The molecule has 1 aliphatic carbocycles. The average molecular weight is 718 g/mol. The lowest BCUT2D eigenvalue weighted by Crippen LogP contribution is -2.49. The summed E-state index contributed by atoms with van der Waals surface area (Å²) >= 11 is 1.09. The summed E-state index contributed by atoms with van der Waals surface area (Å²) in [5, 5.41) is 6.11. The Kier molecular flexibility index (Phi) is 11.4. The molecule has 0 radical (unpaired) electrons. The molecule has 1 saturated carbocycles. The molecule has 2 aliphatic rings. The number of methoxy groups -OCH3 is 1. The number of hydrogen-bond donors (Lipinski definition) is 2. The van der Waals surface area contributed by atoms with Crippen LogP contribution in [0.25, 0.3) is 11.3 Å². The Labute approximate surface area is 299 Å². The highest BCUT2D eigenvalue weighted by Crippen LogP contribution is 2.39. The van der Waals surface area contributed by atoms with Crippen LogP contribution in [-0.4, -0.2) is 110 Å². The first-order valence-corrected chi connectivity index (χ1v) is 17.6. The van der Waals surface area contributed by atoms with E-state index in [4.69, 9.17) is 14.7 Å². The molecule has 4 aromatic rings. The average Bonchev–Trinajstić information content (AvgIpc) is 3.87. The van der Waals surface area contributed by atoms with E-state index in [0.717, 1.165) is 41.2 Å². The molecule has 2 amide bonds. The Hall–Kier alpha value is -5.15. The Balaban J connectivity index is 1.22. The predicted octanol–water partition coefficient (Wildman–Crippen LogP) is 5.45. The Morgan fingerprint density at radius 1 is 1.08 bits per heavy atom. The van der Waals surface area contributed by atoms with Gasteiger partial charge in [-0.3, -0.25) is 9.59 Å². The van der Waals surface area contributed by atoms with Crippen LogP contribution in [0.15, 0.2) is 67.0 Å². The van der Waals surface area contributed by atoms with Crippen LogP contribution < -0.4 is 25.2 Å². The van der Waals surface area contributed by atoms with Crippen LogP contribution in [0.1, 0.15) is 22.5 Å². The number of nitrogens with zero attached hydrogens (tertiary/aromatic N) is 7. The summed E-state index contributed by atoms with van der Waals surface area (Å²) in [6.45, 7) is 2.76. The van der Waals surface area contributed by atoms with Crippen LogP contribution in [0.2, 0.25) is 0 Å². The van der Waals surface area contributed by atoms with Crippen molar-refractivity contribution in [2.24, 2.45) is 0 Å². The minimum absolute atomic E-state index is 0.00752. The number of halogens is 2. The van der Waals surface area contributed by atoms with Gasteiger partial charge in [-0.05, 0) is 57.3 Å². The number of aromatic nitrogens is 3. The fourth-order valence-electron chi connectivity index (χ4n) is 5.77. The monoisotopic (exact) mass is 717 g/mol. The number of piperazine rings is 1. The number of alkyl halides is 1. The Bertz CT molecular complexity index is 1880. The summed E-state index contributed by atoms with van der Waals surface area (Å²) in [7, 11) is 5.44. The van der Waals surface area contributed by atoms with Gasteiger partial charge in [0, 0.05) is 63.1 Å². The Morgan fingerprint density at radius 2 is 1.86 bits per heavy atom. The van der Waals surface area contributed by atoms with E-state index >= 15 is 0 Å². The summed E-state index contributed by atoms with van der Waals surface area (Å²) in [6.07, 6.45) is 8.63. The zero-order chi connectivity index (χ0) is 35.9. The van der Waals surface area contributed by atoms with Crippen LogP contribution in [0, 0.1) is 5.82 Å². The molecule has 0 spiro atoms. The van der Waals surface area contributed by atoms with Crippen molar-refractivity contribution in [3.63, 3.8) is 0 Å². The summed E-state index contributed by atoms with van der Waals surface area (Å²) in [5.74, 6) is 0.554. The van der Waals surface area contributed by atoms with Gasteiger partial charge in [0.1, 0.15) is 17.4 Å². The van der Waals surface area contributed by atoms with E-state index in [-0.39, 0.29) is 29.1 Å². The molecular formula is C36H41F2N9O3S. The van der Waals surface area contributed by atoms with Gasteiger partial charge in [-0.1, -0.05) is 29.5 Å². The molecule has 3 aromatic heterocycles. The van der Waals surface area contributed by atoms with Crippen molar-refractivity contribution in [3.05, 3.63) is 77.7 Å². The number of rotatable bonds is 14. The summed E-state index contributed by atoms with van der Waals surface area (Å²) < 4.78 is 33.6. The van der Waals surface area contributed by atoms with Crippen molar-refractivity contribution >= 4 is 51.3 Å². The molecule has 1 saturated heterocycles. The number of hydrogen-bond acceptors (Lipinski definition) is 11. The molecule has 15 heteroatoms. The molecular weight excluding hydrogens is 677 g/mol. The summed E-state index contributed by atoms with van der Waals surface area (Å²) in [4.78, 5) is 48.0. The van der Waals surface area contributed by atoms with Gasteiger partial charge in [-0.2, -0.15) is 0 Å². The largest absolute Gasteiger partial charge is 0.493 e. The van der Waals surface area contributed by atoms with Gasteiger partial charge in [-0.25, -0.2) is 23.7 Å². The molecule has 1 aromatic carbocycles.